The van der Waals surface area contributed by atoms with Gasteiger partial charge >= 0.3 is 5.97 Å². The van der Waals surface area contributed by atoms with E-state index in [9.17, 15) is 13.6 Å². The molecule has 0 radical (unpaired) electrons. The number of benzene rings is 2. The van der Waals surface area contributed by atoms with Crippen molar-refractivity contribution < 1.29 is 18.3 Å². The molecule has 0 atom stereocenters. The van der Waals surface area contributed by atoms with Gasteiger partial charge < -0.3 is 4.74 Å². The lowest BCUT2D eigenvalue weighted by molar-refractivity contribution is 0.0734. The van der Waals surface area contributed by atoms with Gasteiger partial charge in [0.05, 0.1) is 5.56 Å². The molecule has 2 aromatic carbocycles. The van der Waals surface area contributed by atoms with Crippen molar-refractivity contribution in [3.8, 4) is 5.75 Å². The normalized spacial score (nSPS) is 19.6. The lowest BCUT2D eigenvalue weighted by Gasteiger charge is -2.28. The number of carbonyl (C=O) groups is 1. The Bertz CT molecular complexity index is 876. The van der Waals surface area contributed by atoms with E-state index in [0.717, 1.165) is 5.92 Å². The van der Waals surface area contributed by atoms with E-state index in [1.54, 1.807) is 6.92 Å². The van der Waals surface area contributed by atoms with Crippen molar-refractivity contribution in [2.24, 2.45) is 5.92 Å². The largest absolute Gasteiger partial charge is 0.423 e. The summed E-state index contributed by atoms with van der Waals surface area (Å²) in [6.45, 7) is 4.04. The van der Waals surface area contributed by atoms with Gasteiger partial charge in [0, 0.05) is 12.0 Å². The lowest BCUT2D eigenvalue weighted by Crippen LogP contribution is -2.13. The number of allylic oxidation sites excluding steroid dienone is 1. The molecule has 0 amide bonds. The fraction of sp³-hybridized carbons (Fsp3) is 0.444. The van der Waals surface area contributed by atoms with Crippen LogP contribution in [0.15, 0.2) is 54.4 Å². The number of esters is 1. The fourth-order valence-corrected chi connectivity index (χ4v) is 4.41. The monoisotopic (exact) mass is 426 g/mol. The number of rotatable bonds is 8. The minimum atomic E-state index is -0.874. The second kappa shape index (κ2) is 11.2. The molecule has 0 unspecified atom stereocenters. The van der Waals surface area contributed by atoms with E-state index >= 15 is 0 Å². The molecule has 0 N–H and O–H groups in total. The zero-order valence-electron chi connectivity index (χ0n) is 18.5. The first kappa shape index (κ1) is 23.2. The first-order chi connectivity index (χ1) is 15.0. The molecule has 0 aromatic heterocycles. The molecule has 3 rings (SSSR count). The number of halogens is 2. The van der Waals surface area contributed by atoms with Crippen LogP contribution in [0.2, 0.25) is 0 Å². The third kappa shape index (κ3) is 6.25. The topological polar surface area (TPSA) is 26.3 Å². The quantitative estimate of drug-likeness (QED) is 0.313. The average molecular weight is 427 g/mol. The predicted molar refractivity (Wildman–Crippen MR) is 121 cm³/mol. The van der Waals surface area contributed by atoms with Crippen molar-refractivity contribution in [3.63, 3.8) is 0 Å². The number of carbonyl (C=O) groups excluding carboxylic acids is 1. The molecule has 0 spiro atoms. The van der Waals surface area contributed by atoms with E-state index in [-0.39, 0.29) is 12.0 Å². The third-order valence-electron chi connectivity index (χ3n) is 6.19. The smallest absolute Gasteiger partial charge is 0.343 e. The van der Waals surface area contributed by atoms with Gasteiger partial charge in [0.25, 0.3) is 0 Å². The summed E-state index contributed by atoms with van der Waals surface area (Å²) in [7, 11) is 0. The Labute approximate surface area is 184 Å². The van der Waals surface area contributed by atoms with Gasteiger partial charge in [-0.05, 0) is 73.8 Å². The van der Waals surface area contributed by atoms with Gasteiger partial charge in [-0.15, -0.1) is 0 Å². The highest BCUT2D eigenvalue weighted by Gasteiger charge is 2.22. The Morgan fingerprint density at radius 3 is 2.06 bits per heavy atom. The Kier molecular flexibility index (Phi) is 8.39. The van der Waals surface area contributed by atoms with Gasteiger partial charge in [-0.2, -0.15) is 0 Å². The van der Waals surface area contributed by atoms with E-state index in [0.29, 0.717) is 23.7 Å². The van der Waals surface area contributed by atoms with Crippen molar-refractivity contribution >= 4 is 11.8 Å². The molecule has 31 heavy (non-hydrogen) atoms. The zero-order chi connectivity index (χ0) is 22.2. The molecule has 4 heteroatoms. The van der Waals surface area contributed by atoms with E-state index < -0.39 is 17.6 Å². The summed E-state index contributed by atoms with van der Waals surface area (Å²) < 4.78 is 33.2. The first-order valence-electron chi connectivity index (χ1n) is 11.5. The van der Waals surface area contributed by atoms with Gasteiger partial charge in [0.2, 0.25) is 0 Å². The summed E-state index contributed by atoms with van der Waals surface area (Å²) >= 11 is 0. The van der Waals surface area contributed by atoms with Crippen LogP contribution < -0.4 is 4.74 Å². The molecule has 0 heterocycles. The Hall–Kier alpha value is -2.49. The van der Waals surface area contributed by atoms with Crippen LogP contribution in [0.4, 0.5) is 8.78 Å². The molecule has 1 fully saturated rings. The molecule has 0 aliphatic heterocycles. The molecule has 0 saturated heterocycles. The maximum Gasteiger partial charge on any atom is 0.343 e. The SMILES string of the molecule is CCC/C(F)=C(\F)c1ccc(C(=O)Oc2ccc(C3CCC(CCC)CC3)cc2)cc1. The molecular formula is C27H32F2O2. The molecule has 1 aliphatic carbocycles. The second-order valence-electron chi connectivity index (χ2n) is 8.51. The van der Waals surface area contributed by atoms with Gasteiger partial charge in [-0.25, -0.2) is 13.6 Å². The molecule has 166 valence electrons. The van der Waals surface area contributed by atoms with Crippen molar-refractivity contribution in [3.05, 3.63) is 71.0 Å². The summed E-state index contributed by atoms with van der Waals surface area (Å²) in [5, 5.41) is 0. The van der Waals surface area contributed by atoms with Crippen molar-refractivity contribution in [2.45, 2.75) is 71.1 Å². The summed E-state index contributed by atoms with van der Waals surface area (Å²) in [6, 6.07) is 13.5. The van der Waals surface area contributed by atoms with Gasteiger partial charge in [0.1, 0.15) is 11.6 Å². The van der Waals surface area contributed by atoms with Crippen LogP contribution in [0.1, 0.15) is 92.6 Å². The average Bonchev–Trinajstić information content (AvgIpc) is 2.80. The molecule has 1 saturated carbocycles. The summed E-state index contributed by atoms with van der Waals surface area (Å²) in [5.74, 6) is -0.213. The molecule has 1 aliphatic rings. The summed E-state index contributed by atoms with van der Waals surface area (Å²) in [4.78, 5) is 12.4. The molecule has 0 bridgehead atoms. The van der Waals surface area contributed by atoms with Crippen LogP contribution in [0.3, 0.4) is 0 Å². The summed E-state index contributed by atoms with van der Waals surface area (Å²) in [5.41, 5.74) is 1.72. The van der Waals surface area contributed by atoms with Gasteiger partial charge in [-0.3, -0.25) is 0 Å². The van der Waals surface area contributed by atoms with E-state index in [2.05, 4.69) is 6.92 Å². The van der Waals surface area contributed by atoms with E-state index in [1.807, 2.05) is 24.3 Å². The Morgan fingerprint density at radius 2 is 1.48 bits per heavy atom. The molecular weight excluding hydrogens is 394 g/mol. The third-order valence-corrected chi connectivity index (χ3v) is 6.19. The Morgan fingerprint density at radius 1 is 0.871 bits per heavy atom. The van der Waals surface area contributed by atoms with Crippen LogP contribution in [-0.4, -0.2) is 5.97 Å². The number of ether oxygens (including phenoxy) is 1. The predicted octanol–water partition coefficient (Wildman–Crippen LogP) is 8.39. The van der Waals surface area contributed by atoms with Crippen LogP contribution in [-0.2, 0) is 0 Å². The van der Waals surface area contributed by atoms with Gasteiger partial charge in [-0.1, -0.05) is 51.0 Å². The highest BCUT2D eigenvalue weighted by Crippen LogP contribution is 2.37. The van der Waals surface area contributed by atoms with Crippen molar-refractivity contribution in [1.82, 2.24) is 0 Å². The van der Waals surface area contributed by atoms with Crippen LogP contribution in [0.5, 0.6) is 5.75 Å². The minimum Gasteiger partial charge on any atom is -0.423 e. The number of hydrogen-bond donors (Lipinski definition) is 0. The zero-order valence-corrected chi connectivity index (χ0v) is 18.5. The fourth-order valence-electron chi connectivity index (χ4n) is 4.41. The van der Waals surface area contributed by atoms with Gasteiger partial charge in [0.15, 0.2) is 5.83 Å². The standard InChI is InChI=1S/C27H32F2O2/c1-3-5-19-7-9-20(10-8-19)21-15-17-24(18-16-21)31-27(30)23-13-11-22(12-14-23)26(29)25(28)6-4-2/h11-20H,3-10H2,1-2H3/b26-25+. The first-order valence-corrected chi connectivity index (χ1v) is 11.5. The Balaban J connectivity index is 1.58. The van der Waals surface area contributed by atoms with E-state index in [4.69, 9.17) is 4.74 Å². The summed E-state index contributed by atoms with van der Waals surface area (Å²) in [6.07, 6.45) is 8.22. The maximum absolute atomic E-state index is 14.0. The highest BCUT2D eigenvalue weighted by molar-refractivity contribution is 5.91. The van der Waals surface area contributed by atoms with Crippen molar-refractivity contribution in [1.29, 1.82) is 0 Å². The maximum atomic E-state index is 14.0. The minimum absolute atomic E-state index is 0.0613. The highest BCUT2D eigenvalue weighted by atomic mass is 19.2. The van der Waals surface area contributed by atoms with Crippen LogP contribution >= 0.6 is 0 Å². The van der Waals surface area contributed by atoms with Crippen molar-refractivity contribution in [2.75, 3.05) is 0 Å². The molecule has 2 aromatic rings. The van der Waals surface area contributed by atoms with Crippen LogP contribution in [0.25, 0.3) is 5.83 Å². The molecule has 2 nitrogen and oxygen atoms in total. The number of hydrogen-bond acceptors (Lipinski definition) is 2. The van der Waals surface area contributed by atoms with E-state index in [1.165, 1.54) is 68.4 Å². The second-order valence-corrected chi connectivity index (χ2v) is 8.51. The lowest BCUT2D eigenvalue weighted by atomic mass is 9.77. The van der Waals surface area contributed by atoms with Crippen LogP contribution in [0, 0.1) is 5.92 Å².